The number of hydrogen-bond donors (Lipinski definition) is 4. The number of nitriles is 1. The van der Waals surface area contributed by atoms with Gasteiger partial charge in [-0.2, -0.15) is 36.6 Å². The summed E-state index contributed by atoms with van der Waals surface area (Å²) < 4.78 is 78.5. The van der Waals surface area contributed by atoms with E-state index < -0.39 is 41.5 Å². The summed E-state index contributed by atoms with van der Waals surface area (Å²) in [4.78, 5) is 7.20. The van der Waals surface area contributed by atoms with Gasteiger partial charge in [0.15, 0.2) is 0 Å². The number of alkyl halides is 6. The predicted molar refractivity (Wildman–Crippen MR) is 93.3 cm³/mol. The lowest BCUT2D eigenvalue weighted by atomic mass is 10.0. The largest absolute Gasteiger partial charge is 0.421 e. The number of hydrogen-bond acceptors (Lipinski definition) is 7. The van der Waals surface area contributed by atoms with Crippen LogP contribution in [0.25, 0.3) is 0 Å². The Balaban J connectivity index is 2.53. The molecule has 0 aliphatic carbocycles. The summed E-state index contributed by atoms with van der Waals surface area (Å²) in [6.45, 7) is -0.464. The Hall–Kier alpha value is -3.56. The van der Waals surface area contributed by atoms with E-state index in [1.54, 1.807) is 6.07 Å². The van der Waals surface area contributed by atoms with Gasteiger partial charge in [-0.15, -0.1) is 0 Å². The number of aromatic nitrogens is 2. The van der Waals surface area contributed by atoms with Crippen LogP contribution in [0.2, 0.25) is 0 Å². The Labute approximate surface area is 160 Å². The van der Waals surface area contributed by atoms with Crippen molar-refractivity contribution >= 4 is 29.4 Å². The molecule has 13 heteroatoms. The molecule has 0 amide bonds. The van der Waals surface area contributed by atoms with Crippen LogP contribution >= 0.6 is 0 Å². The van der Waals surface area contributed by atoms with E-state index >= 15 is 0 Å². The molecule has 154 valence electrons. The second-order valence-corrected chi connectivity index (χ2v) is 5.43. The molecule has 0 radical (unpaired) electrons. The highest BCUT2D eigenvalue weighted by Gasteiger charge is 2.36. The summed E-state index contributed by atoms with van der Waals surface area (Å²) in [7, 11) is 1.21. The number of halogens is 6. The maximum atomic E-state index is 13.2. The summed E-state index contributed by atoms with van der Waals surface area (Å²) in [6, 6.07) is 3.33. The molecule has 29 heavy (non-hydrogen) atoms. The molecule has 1 aromatic heterocycles. The Morgan fingerprint density at radius 2 is 1.79 bits per heavy atom. The lowest BCUT2D eigenvalue weighted by molar-refractivity contribution is -0.138. The van der Waals surface area contributed by atoms with Gasteiger partial charge in [-0.3, -0.25) is 0 Å². The zero-order chi connectivity index (χ0) is 21.8. The zero-order valence-corrected chi connectivity index (χ0v) is 14.6. The maximum Gasteiger partial charge on any atom is 0.421 e. The van der Waals surface area contributed by atoms with Crippen molar-refractivity contribution in [2.75, 3.05) is 29.5 Å². The first-order valence-corrected chi connectivity index (χ1v) is 7.77. The van der Waals surface area contributed by atoms with Gasteiger partial charge in [0.25, 0.3) is 0 Å². The van der Waals surface area contributed by atoms with Crippen LogP contribution in [0.4, 0.5) is 49.5 Å². The first kappa shape index (κ1) is 21.7. The van der Waals surface area contributed by atoms with E-state index in [1.165, 1.54) is 7.05 Å². The van der Waals surface area contributed by atoms with Crippen LogP contribution in [0, 0.1) is 16.7 Å². The number of nitrogens with zero attached hydrogens (tertiary/aromatic N) is 3. The average molecular weight is 417 g/mol. The molecular formula is C16H13F6N7. The van der Waals surface area contributed by atoms with E-state index in [2.05, 4.69) is 25.9 Å². The summed E-state index contributed by atoms with van der Waals surface area (Å²) in [5, 5.41) is 23.2. The third-order valence-electron chi connectivity index (χ3n) is 3.62. The molecule has 0 saturated carbocycles. The molecular weight excluding hydrogens is 404 g/mol. The van der Waals surface area contributed by atoms with Gasteiger partial charge in [-0.05, 0) is 12.1 Å². The molecule has 0 aliphatic rings. The van der Waals surface area contributed by atoms with Crippen LogP contribution in [-0.4, -0.2) is 29.8 Å². The molecule has 1 aromatic carbocycles. The Bertz CT molecular complexity index is 946. The summed E-state index contributed by atoms with van der Waals surface area (Å²) >= 11 is 0. The van der Waals surface area contributed by atoms with Gasteiger partial charge in [-0.25, -0.2) is 4.98 Å². The van der Waals surface area contributed by atoms with Crippen molar-refractivity contribution in [2.24, 2.45) is 0 Å². The minimum absolute atomic E-state index is 0.0738. The molecule has 2 aromatic rings. The molecule has 0 spiro atoms. The molecule has 1 heterocycles. The van der Waals surface area contributed by atoms with Crippen molar-refractivity contribution in [3.63, 3.8) is 0 Å². The number of rotatable bonds is 6. The van der Waals surface area contributed by atoms with Gasteiger partial charge >= 0.3 is 12.4 Å². The second-order valence-electron chi connectivity index (χ2n) is 5.43. The molecule has 0 fully saturated rings. The smallest absolute Gasteiger partial charge is 0.372 e. The van der Waals surface area contributed by atoms with Crippen LogP contribution < -0.4 is 16.0 Å². The topological polar surface area (TPSA) is 110 Å². The predicted octanol–water partition coefficient (Wildman–Crippen LogP) is 4.23. The molecule has 4 N–H and O–H groups in total. The van der Waals surface area contributed by atoms with Crippen molar-refractivity contribution in [1.82, 2.24) is 9.97 Å². The lowest BCUT2D eigenvalue weighted by Crippen LogP contribution is -2.15. The van der Waals surface area contributed by atoms with Gasteiger partial charge < -0.3 is 21.4 Å². The second kappa shape index (κ2) is 8.21. The molecule has 7 nitrogen and oxygen atoms in total. The van der Waals surface area contributed by atoms with Gasteiger partial charge in [0.2, 0.25) is 5.95 Å². The van der Waals surface area contributed by atoms with E-state index in [4.69, 9.17) is 10.7 Å². The molecule has 0 unspecified atom stereocenters. The minimum Gasteiger partial charge on any atom is -0.372 e. The summed E-state index contributed by atoms with van der Waals surface area (Å²) in [5.74, 6) is -0.877. The summed E-state index contributed by atoms with van der Waals surface area (Å²) in [5.41, 5.74) is -3.11. The van der Waals surface area contributed by atoms with Crippen molar-refractivity contribution in [1.29, 1.82) is 10.7 Å². The van der Waals surface area contributed by atoms with Crippen molar-refractivity contribution in [3.8, 4) is 6.07 Å². The monoisotopic (exact) mass is 417 g/mol. The van der Waals surface area contributed by atoms with E-state index in [0.717, 1.165) is 6.07 Å². The first-order valence-electron chi connectivity index (χ1n) is 7.77. The molecule has 2 rings (SSSR count). The fourth-order valence-electron chi connectivity index (χ4n) is 2.39. The third-order valence-corrected chi connectivity index (χ3v) is 3.62. The van der Waals surface area contributed by atoms with Crippen molar-refractivity contribution < 1.29 is 26.3 Å². The van der Waals surface area contributed by atoms with Gasteiger partial charge in [-0.1, -0.05) is 0 Å². The number of benzene rings is 1. The summed E-state index contributed by atoms with van der Waals surface area (Å²) in [6.07, 6.45) is -8.34. The van der Waals surface area contributed by atoms with Crippen LogP contribution in [0.3, 0.4) is 0 Å². The van der Waals surface area contributed by atoms with Crippen molar-refractivity contribution in [2.45, 2.75) is 12.4 Å². The van der Waals surface area contributed by atoms with Crippen molar-refractivity contribution in [3.05, 3.63) is 35.0 Å². The Kier molecular flexibility index (Phi) is 6.15. The normalized spacial score (nSPS) is 11.5. The number of anilines is 4. The molecule has 0 aliphatic heterocycles. The zero-order valence-electron chi connectivity index (χ0n) is 14.6. The van der Waals surface area contributed by atoms with E-state index in [-0.39, 0.29) is 17.2 Å². The first-order chi connectivity index (χ1) is 13.5. The molecule has 0 bridgehead atoms. The molecule has 0 saturated heterocycles. The SMILES string of the molecule is CNc1nc(Nc2ccc(C(F)(F)F)c(NCC#N)c2C=N)ncc1C(F)(F)F. The average Bonchev–Trinajstić information content (AvgIpc) is 2.64. The standard InChI is InChI=1S/C16H13F6N7/c1-25-13-10(16(20,21)22)7-27-14(29-13)28-11-3-2-9(15(17,18)19)12(8(11)6-24)26-5-4-23/h2-3,6-7,24,26H,5H2,1H3,(H2,25,27,28,29). The van der Waals surface area contributed by atoms with E-state index in [1.807, 2.05) is 0 Å². The Morgan fingerprint density at radius 1 is 1.14 bits per heavy atom. The highest BCUT2D eigenvalue weighted by molar-refractivity contribution is 5.95. The fraction of sp³-hybridized carbons (Fsp3) is 0.250. The van der Waals surface area contributed by atoms with Gasteiger partial charge in [0.1, 0.15) is 17.9 Å². The number of nitrogens with one attached hydrogen (secondary N) is 4. The quantitative estimate of drug-likeness (QED) is 0.318. The van der Waals surface area contributed by atoms with Crippen LogP contribution in [0.15, 0.2) is 18.3 Å². The van der Waals surface area contributed by atoms with Crippen LogP contribution in [0.1, 0.15) is 16.7 Å². The molecule has 0 atom stereocenters. The fourth-order valence-corrected chi connectivity index (χ4v) is 2.39. The minimum atomic E-state index is -4.77. The van der Waals surface area contributed by atoms with E-state index in [0.29, 0.717) is 18.5 Å². The lowest BCUT2D eigenvalue weighted by Gasteiger charge is -2.19. The Morgan fingerprint density at radius 3 is 2.31 bits per heavy atom. The van der Waals surface area contributed by atoms with Crippen LogP contribution in [0.5, 0.6) is 0 Å². The maximum absolute atomic E-state index is 13.2. The highest BCUT2D eigenvalue weighted by Crippen LogP contribution is 2.39. The van der Waals surface area contributed by atoms with E-state index in [9.17, 15) is 26.3 Å². The van der Waals surface area contributed by atoms with Gasteiger partial charge in [0, 0.05) is 25.0 Å². The van der Waals surface area contributed by atoms with Crippen LogP contribution in [-0.2, 0) is 12.4 Å². The highest BCUT2D eigenvalue weighted by atomic mass is 19.4. The third kappa shape index (κ3) is 4.84. The van der Waals surface area contributed by atoms with Gasteiger partial charge in [0.05, 0.1) is 23.0 Å².